The molecule has 0 bridgehead atoms. The quantitative estimate of drug-likeness (QED) is 0.526. The van der Waals surface area contributed by atoms with Crippen molar-refractivity contribution in [3.63, 3.8) is 0 Å². The minimum absolute atomic E-state index is 0.0240. The normalized spacial score (nSPS) is 31.8. The summed E-state index contributed by atoms with van der Waals surface area (Å²) in [4.78, 5) is 12.1. The standard InChI is InChI=1S/C12H17N5O5/c1-12(3-18)7(20)6(19)10(22-12)17-4-14-5-8(17)15-11(13)16-9(5)21-2/h4,6-7,10,18-20H,3H2,1-2H3,(H2,13,15,16)/t6?,7-,10+,12+/m0/s1. The molecule has 1 aliphatic heterocycles. The first-order chi connectivity index (χ1) is 10.4. The molecular formula is C12H17N5O5. The Bertz CT molecular complexity index is 707. The van der Waals surface area contributed by atoms with Crippen LogP contribution in [0.15, 0.2) is 6.33 Å². The van der Waals surface area contributed by atoms with E-state index in [1.165, 1.54) is 24.9 Å². The van der Waals surface area contributed by atoms with Gasteiger partial charge in [0.2, 0.25) is 11.8 Å². The van der Waals surface area contributed by atoms with Crippen LogP contribution in [-0.2, 0) is 4.74 Å². The first-order valence-corrected chi connectivity index (χ1v) is 6.60. The van der Waals surface area contributed by atoms with Crippen molar-refractivity contribution < 1.29 is 24.8 Å². The molecule has 0 aliphatic carbocycles. The van der Waals surface area contributed by atoms with E-state index in [9.17, 15) is 15.3 Å². The number of nitrogens with zero attached hydrogens (tertiary/aromatic N) is 4. The number of hydrogen-bond donors (Lipinski definition) is 4. The van der Waals surface area contributed by atoms with Crippen LogP contribution in [0.3, 0.4) is 0 Å². The van der Waals surface area contributed by atoms with Gasteiger partial charge in [-0.05, 0) is 6.92 Å². The number of rotatable bonds is 3. The molecule has 2 aromatic rings. The molecule has 0 amide bonds. The highest BCUT2D eigenvalue weighted by molar-refractivity contribution is 5.77. The highest BCUT2D eigenvalue weighted by Gasteiger charge is 2.52. The monoisotopic (exact) mass is 311 g/mol. The minimum atomic E-state index is -1.29. The minimum Gasteiger partial charge on any atom is -0.479 e. The summed E-state index contributed by atoms with van der Waals surface area (Å²) in [7, 11) is 1.42. The number of methoxy groups -OCH3 is 1. The van der Waals surface area contributed by atoms with Gasteiger partial charge in [0.15, 0.2) is 17.4 Å². The fourth-order valence-corrected chi connectivity index (χ4v) is 2.52. The summed E-state index contributed by atoms with van der Waals surface area (Å²) < 4.78 is 12.1. The molecule has 10 heteroatoms. The van der Waals surface area contributed by atoms with E-state index in [1.54, 1.807) is 0 Å². The van der Waals surface area contributed by atoms with Crippen LogP contribution in [0.2, 0.25) is 0 Å². The summed E-state index contributed by atoms with van der Waals surface area (Å²) in [6.07, 6.45) is -2.13. The second-order valence-corrected chi connectivity index (χ2v) is 5.33. The van der Waals surface area contributed by atoms with Crippen molar-refractivity contribution in [2.24, 2.45) is 0 Å². The van der Waals surface area contributed by atoms with Crippen molar-refractivity contribution in [2.45, 2.75) is 31.0 Å². The summed E-state index contributed by atoms with van der Waals surface area (Å²) in [5.74, 6) is 0.170. The first kappa shape index (κ1) is 14.9. The zero-order chi connectivity index (χ0) is 16.1. The Balaban J connectivity index is 2.10. The van der Waals surface area contributed by atoms with E-state index in [-0.39, 0.29) is 11.8 Å². The van der Waals surface area contributed by atoms with Gasteiger partial charge in [0, 0.05) is 0 Å². The molecule has 5 N–H and O–H groups in total. The number of fused-ring (bicyclic) bond motifs is 1. The maximum atomic E-state index is 10.2. The summed E-state index contributed by atoms with van der Waals surface area (Å²) in [6.45, 7) is 1.05. The van der Waals surface area contributed by atoms with Crippen molar-refractivity contribution in [3.05, 3.63) is 6.33 Å². The smallest absolute Gasteiger partial charge is 0.246 e. The highest BCUT2D eigenvalue weighted by Crippen LogP contribution is 2.38. The zero-order valence-corrected chi connectivity index (χ0v) is 12.0. The van der Waals surface area contributed by atoms with Crippen molar-refractivity contribution in [1.29, 1.82) is 0 Å². The van der Waals surface area contributed by atoms with Gasteiger partial charge < -0.3 is 30.5 Å². The molecule has 120 valence electrons. The van der Waals surface area contributed by atoms with Crippen LogP contribution in [0.25, 0.3) is 11.2 Å². The van der Waals surface area contributed by atoms with Crippen molar-refractivity contribution in [2.75, 3.05) is 19.5 Å². The SMILES string of the molecule is COc1nc(N)nc2c1ncn2[C@@H]1O[C@](C)(CO)[C@@H](O)C1O. The molecule has 0 saturated carbocycles. The van der Waals surface area contributed by atoms with Gasteiger partial charge in [-0.3, -0.25) is 4.57 Å². The Morgan fingerprint density at radius 3 is 2.77 bits per heavy atom. The van der Waals surface area contributed by atoms with Crippen molar-refractivity contribution in [1.82, 2.24) is 19.5 Å². The average molecular weight is 311 g/mol. The summed E-state index contributed by atoms with van der Waals surface area (Å²) in [6, 6.07) is 0. The highest BCUT2D eigenvalue weighted by atomic mass is 16.6. The van der Waals surface area contributed by atoms with Crippen LogP contribution in [0.5, 0.6) is 5.88 Å². The Kier molecular flexibility index (Phi) is 3.40. The molecular weight excluding hydrogens is 294 g/mol. The topological polar surface area (TPSA) is 149 Å². The predicted octanol–water partition coefficient (Wildman–Crippen LogP) is -1.58. The molecule has 0 spiro atoms. The lowest BCUT2D eigenvalue weighted by atomic mass is 9.99. The Hall–Kier alpha value is -2.01. The van der Waals surface area contributed by atoms with Gasteiger partial charge >= 0.3 is 0 Å². The summed E-state index contributed by atoms with van der Waals surface area (Å²) >= 11 is 0. The second kappa shape index (κ2) is 5.02. The van der Waals surface area contributed by atoms with Crippen LogP contribution in [0.4, 0.5) is 5.95 Å². The number of anilines is 1. The Labute approximate surface area is 125 Å². The van der Waals surface area contributed by atoms with Gasteiger partial charge in [0.05, 0.1) is 20.0 Å². The third-order valence-corrected chi connectivity index (χ3v) is 3.82. The largest absolute Gasteiger partial charge is 0.479 e. The number of aliphatic hydroxyl groups is 3. The predicted molar refractivity (Wildman–Crippen MR) is 73.9 cm³/mol. The number of ether oxygens (including phenoxy) is 2. The molecule has 2 aromatic heterocycles. The van der Waals surface area contributed by atoms with Gasteiger partial charge in [-0.15, -0.1) is 0 Å². The fraction of sp³-hybridized carbons (Fsp3) is 0.583. The fourth-order valence-electron chi connectivity index (χ4n) is 2.52. The number of imidazole rings is 1. The molecule has 0 radical (unpaired) electrons. The Morgan fingerprint density at radius 1 is 1.45 bits per heavy atom. The molecule has 1 fully saturated rings. The van der Waals surface area contributed by atoms with Crippen LogP contribution in [0, 0.1) is 0 Å². The van der Waals surface area contributed by atoms with Crippen molar-refractivity contribution >= 4 is 17.1 Å². The second-order valence-electron chi connectivity index (χ2n) is 5.33. The lowest BCUT2D eigenvalue weighted by Crippen LogP contribution is -2.43. The van der Waals surface area contributed by atoms with Gasteiger partial charge in [0.25, 0.3) is 0 Å². The van der Waals surface area contributed by atoms with Crippen LogP contribution < -0.4 is 10.5 Å². The molecule has 4 atom stereocenters. The molecule has 3 heterocycles. The zero-order valence-electron chi connectivity index (χ0n) is 12.0. The van der Waals surface area contributed by atoms with Gasteiger partial charge in [-0.1, -0.05) is 0 Å². The molecule has 0 aromatic carbocycles. The van der Waals surface area contributed by atoms with Crippen LogP contribution >= 0.6 is 0 Å². The van der Waals surface area contributed by atoms with Crippen LogP contribution in [0.1, 0.15) is 13.2 Å². The van der Waals surface area contributed by atoms with E-state index in [1.807, 2.05) is 0 Å². The average Bonchev–Trinajstić information content (AvgIpc) is 3.01. The van der Waals surface area contributed by atoms with E-state index < -0.39 is 30.6 Å². The summed E-state index contributed by atoms with van der Waals surface area (Å²) in [5.41, 5.74) is 4.99. The third-order valence-electron chi connectivity index (χ3n) is 3.82. The maximum absolute atomic E-state index is 10.2. The van der Waals surface area contributed by atoms with E-state index in [0.29, 0.717) is 11.2 Å². The van der Waals surface area contributed by atoms with Gasteiger partial charge in [-0.25, -0.2) is 4.98 Å². The molecule has 10 nitrogen and oxygen atoms in total. The molecule has 1 unspecified atom stereocenters. The Morgan fingerprint density at radius 2 is 2.18 bits per heavy atom. The number of aromatic nitrogens is 4. The maximum Gasteiger partial charge on any atom is 0.246 e. The number of nitrogens with two attached hydrogens (primary N) is 1. The lowest BCUT2D eigenvalue weighted by Gasteiger charge is -2.24. The number of aliphatic hydroxyl groups excluding tert-OH is 3. The van der Waals surface area contributed by atoms with Gasteiger partial charge in [-0.2, -0.15) is 9.97 Å². The molecule has 3 rings (SSSR count). The number of hydrogen-bond acceptors (Lipinski definition) is 9. The van der Waals surface area contributed by atoms with Crippen LogP contribution in [-0.4, -0.2) is 66.4 Å². The van der Waals surface area contributed by atoms with E-state index >= 15 is 0 Å². The molecule has 1 aliphatic rings. The molecule has 22 heavy (non-hydrogen) atoms. The molecule has 1 saturated heterocycles. The van der Waals surface area contributed by atoms with Crippen molar-refractivity contribution in [3.8, 4) is 5.88 Å². The lowest BCUT2D eigenvalue weighted by molar-refractivity contribution is -0.115. The van der Waals surface area contributed by atoms with E-state index in [4.69, 9.17) is 15.2 Å². The first-order valence-electron chi connectivity index (χ1n) is 6.60. The van der Waals surface area contributed by atoms with E-state index in [2.05, 4.69) is 15.0 Å². The third kappa shape index (κ3) is 2.00. The summed E-state index contributed by atoms with van der Waals surface area (Å²) in [5, 5.41) is 29.7. The number of nitrogen functional groups attached to an aromatic ring is 1. The van der Waals surface area contributed by atoms with E-state index in [0.717, 1.165) is 0 Å². The van der Waals surface area contributed by atoms with Gasteiger partial charge in [0.1, 0.15) is 17.8 Å².